The predicted molar refractivity (Wildman–Crippen MR) is 60.8 cm³/mol. The maximum absolute atomic E-state index is 13.6. The van der Waals surface area contributed by atoms with Gasteiger partial charge in [-0.25, -0.2) is 13.2 Å². The van der Waals surface area contributed by atoms with Crippen LogP contribution in [0.4, 0.5) is 24.5 Å². The van der Waals surface area contributed by atoms with Gasteiger partial charge < -0.3 is 5.32 Å². The highest BCUT2D eigenvalue weighted by molar-refractivity contribution is 5.61. The average molecular weight is 248 g/mol. The van der Waals surface area contributed by atoms with Gasteiger partial charge in [-0.1, -0.05) is 6.07 Å². The van der Waals surface area contributed by atoms with Gasteiger partial charge in [0, 0.05) is 5.69 Å². The van der Waals surface area contributed by atoms with E-state index in [0.717, 1.165) is 12.1 Å². The van der Waals surface area contributed by atoms with Crippen LogP contribution < -0.4 is 5.32 Å². The van der Waals surface area contributed by atoms with Crippen LogP contribution >= 0.6 is 0 Å². The van der Waals surface area contributed by atoms with E-state index in [0.29, 0.717) is 0 Å². The SMILES string of the molecule is N#Cc1ccc(Nc2cccc(F)c2)c(F)c1F. The lowest BCUT2D eigenvalue weighted by Gasteiger charge is -2.08. The van der Waals surface area contributed by atoms with Crippen molar-refractivity contribution in [1.82, 2.24) is 0 Å². The van der Waals surface area contributed by atoms with Crippen molar-refractivity contribution in [3.05, 3.63) is 59.4 Å². The van der Waals surface area contributed by atoms with E-state index in [1.807, 2.05) is 0 Å². The number of nitrogens with zero attached hydrogens (tertiary/aromatic N) is 1. The molecule has 0 saturated carbocycles. The van der Waals surface area contributed by atoms with Crippen molar-refractivity contribution in [3.63, 3.8) is 0 Å². The molecule has 0 bridgehead atoms. The normalized spacial score (nSPS) is 9.89. The molecule has 2 aromatic rings. The number of nitrogens with one attached hydrogen (secondary N) is 1. The lowest BCUT2D eigenvalue weighted by Crippen LogP contribution is -1.98. The van der Waals surface area contributed by atoms with Gasteiger partial charge in [-0.2, -0.15) is 5.26 Å². The van der Waals surface area contributed by atoms with Gasteiger partial charge in [0.1, 0.15) is 11.9 Å². The van der Waals surface area contributed by atoms with Crippen LogP contribution in [-0.2, 0) is 0 Å². The van der Waals surface area contributed by atoms with E-state index in [1.54, 1.807) is 0 Å². The first-order valence-electron chi connectivity index (χ1n) is 5.02. The van der Waals surface area contributed by atoms with Crippen LogP contribution in [0.25, 0.3) is 0 Å². The zero-order valence-corrected chi connectivity index (χ0v) is 9.05. The summed E-state index contributed by atoms with van der Waals surface area (Å²) in [5, 5.41) is 11.1. The van der Waals surface area contributed by atoms with Crippen LogP contribution in [0, 0.1) is 28.8 Å². The summed E-state index contributed by atoms with van der Waals surface area (Å²) in [6.07, 6.45) is 0. The molecule has 0 heterocycles. The number of rotatable bonds is 2. The van der Waals surface area contributed by atoms with Gasteiger partial charge >= 0.3 is 0 Å². The highest BCUT2D eigenvalue weighted by Gasteiger charge is 2.13. The molecule has 5 heteroatoms. The first-order chi connectivity index (χ1) is 8.61. The Labute approximate surface area is 101 Å². The third-order valence-electron chi connectivity index (χ3n) is 2.31. The molecule has 0 fully saturated rings. The summed E-state index contributed by atoms with van der Waals surface area (Å²) in [5.74, 6) is -2.88. The number of benzene rings is 2. The molecule has 2 rings (SSSR count). The smallest absolute Gasteiger partial charge is 0.183 e. The summed E-state index contributed by atoms with van der Waals surface area (Å²) in [4.78, 5) is 0. The molecule has 0 amide bonds. The van der Waals surface area contributed by atoms with E-state index in [-0.39, 0.29) is 16.9 Å². The van der Waals surface area contributed by atoms with E-state index in [1.165, 1.54) is 30.3 Å². The van der Waals surface area contributed by atoms with Crippen molar-refractivity contribution < 1.29 is 13.2 Å². The molecule has 18 heavy (non-hydrogen) atoms. The first kappa shape index (κ1) is 12.0. The number of hydrogen-bond donors (Lipinski definition) is 1. The molecule has 0 spiro atoms. The number of anilines is 2. The fourth-order valence-corrected chi connectivity index (χ4v) is 1.45. The molecule has 0 aliphatic heterocycles. The molecule has 0 unspecified atom stereocenters. The second kappa shape index (κ2) is 4.80. The van der Waals surface area contributed by atoms with Crippen molar-refractivity contribution in [1.29, 1.82) is 5.26 Å². The van der Waals surface area contributed by atoms with Gasteiger partial charge in [0.15, 0.2) is 11.6 Å². The van der Waals surface area contributed by atoms with Crippen molar-refractivity contribution in [2.75, 3.05) is 5.32 Å². The van der Waals surface area contributed by atoms with Gasteiger partial charge in [-0.15, -0.1) is 0 Å². The molecular formula is C13H7F3N2. The van der Waals surface area contributed by atoms with E-state index in [2.05, 4.69) is 5.32 Å². The summed E-state index contributed by atoms with van der Waals surface area (Å²) in [6.45, 7) is 0. The summed E-state index contributed by atoms with van der Waals surface area (Å²) in [7, 11) is 0. The maximum atomic E-state index is 13.6. The van der Waals surface area contributed by atoms with Crippen LogP contribution in [-0.4, -0.2) is 0 Å². The topological polar surface area (TPSA) is 35.8 Å². The van der Waals surface area contributed by atoms with Crippen molar-refractivity contribution in [2.45, 2.75) is 0 Å². The Hall–Kier alpha value is -2.48. The Morgan fingerprint density at radius 2 is 1.78 bits per heavy atom. The molecule has 0 saturated heterocycles. The summed E-state index contributed by atoms with van der Waals surface area (Å²) in [6, 6.07) is 9.25. The maximum Gasteiger partial charge on any atom is 0.183 e. The molecular weight excluding hydrogens is 241 g/mol. The minimum absolute atomic E-state index is 0.155. The van der Waals surface area contributed by atoms with Crippen LogP contribution in [0.15, 0.2) is 36.4 Å². The average Bonchev–Trinajstić information content (AvgIpc) is 2.35. The lowest BCUT2D eigenvalue weighted by atomic mass is 10.2. The Morgan fingerprint density at radius 3 is 2.44 bits per heavy atom. The standard InChI is InChI=1S/C13H7F3N2/c14-9-2-1-3-10(6-9)18-11-5-4-8(7-17)12(15)13(11)16/h1-6,18H. The minimum Gasteiger partial charge on any atom is -0.353 e. The molecule has 0 aromatic heterocycles. The molecule has 0 aliphatic carbocycles. The van der Waals surface area contributed by atoms with Crippen LogP contribution in [0.5, 0.6) is 0 Å². The third kappa shape index (κ3) is 2.28. The molecule has 0 aliphatic rings. The zero-order chi connectivity index (χ0) is 13.1. The van der Waals surface area contributed by atoms with Crippen LogP contribution in [0.2, 0.25) is 0 Å². The molecule has 0 radical (unpaired) electrons. The highest BCUT2D eigenvalue weighted by atomic mass is 19.2. The zero-order valence-electron chi connectivity index (χ0n) is 9.05. The van der Waals surface area contributed by atoms with Gasteiger partial charge in [0.2, 0.25) is 0 Å². The van der Waals surface area contributed by atoms with E-state index < -0.39 is 17.5 Å². The molecule has 90 valence electrons. The van der Waals surface area contributed by atoms with Crippen LogP contribution in [0.3, 0.4) is 0 Å². The van der Waals surface area contributed by atoms with Gasteiger partial charge in [-0.05, 0) is 30.3 Å². The van der Waals surface area contributed by atoms with E-state index >= 15 is 0 Å². The highest BCUT2D eigenvalue weighted by Crippen LogP contribution is 2.24. The number of hydrogen-bond acceptors (Lipinski definition) is 2. The van der Waals surface area contributed by atoms with E-state index in [9.17, 15) is 13.2 Å². The monoisotopic (exact) mass is 248 g/mol. The first-order valence-corrected chi connectivity index (χ1v) is 5.02. The fraction of sp³-hybridized carbons (Fsp3) is 0. The Morgan fingerprint density at radius 1 is 1.00 bits per heavy atom. The van der Waals surface area contributed by atoms with Crippen molar-refractivity contribution in [3.8, 4) is 6.07 Å². The largest absolute Gasteiger partial charge is 0.353 e. The second-order valence-electron chi connectivity index (χ2n) is 3.54. The predicted octanol–water partition coefficient (Wildman–Crippen LogP) is 3.72. The summed E-state index contributed by atoms with van der Waals surface area (Å²) < 4.78 is 39.8. The van der Waals surface area contributed by atoms with Gasteiger partial charge in [0.25, 0.3) is 0 Å². The Kier molecular flexibility index (Phi) is 3.20. The third-order valence-corrected chi connectivity index (χ3v) is 2.31. The molecule has 1 N–H and O–H groups in total. The molecule has 2 nitrogen and oxygen atoms in total. The number of halogens is 3. The Balaban J connectivity index is 2.36. The van der Waals surface area contributed by atoms with Crippen LogP contribution in [0.1, 0.15) is 5.56 Å². The summed E-state index contributed by atoms with van der Waals surface area (Å²) in [5.41, 5.74) is -0.243. The fourth-order valence-electron chi connectivity index (χ4n) is 1.45. The minimum atomic E-state index is -1.22. The number of nitriles is 1. The van der Waals surface area contributed by atoms with Gasteiger partial charge in [0.05, 0.1) is 11.3 Å². The van der Waals surface area contributed by atoms with Crippen molar-refractivity contribution >= 4 is 11.4 Å². The summed E-state index contributed by atoms with van der Waals surface area (Å²) >= 11 is 0. The quantitative estimate of drug-likeness (QED) is 0.879. The second-order valence-corrected chi connectivity index (χ2v) is 3.54. The Bertz CT molecular complexity index is 633. The van der Waals surface area contributed by atoms with Crippen molar-refractivity contribution in [2.24, 2.45) is 0 Å². The lowest BCUT2D eigenvalue weighted by molar-refractivity contribution is 0.509. The molecule has 0 atom stereocenters. The van der Waals surface area contributed by atoms with E-state index in [4.69, 9.17) is 5.26 Å². The molecule has 2 aromatic carbocycles. The van der Waals surface area contributed by atoms with Gasteiger partial charge in [-0.3, -0.25) is 0 Å².